The molecule has 144 valence electrons. The van der Waals surface area contributed by atoms with E-state index in [1.54, 1.807) is 0 Å². The molecule has 0 aliphatic carbocycles. The van der Waals surface area contributed by atoms with Gasteiger partial charge in [0, 0.05) is 35.5 Å². The van der Waals surface area contributed by atoms with Crippen LogP contribution in [0, 0.1) is 0 Å². The predicted octanol–water partition coefficient (Wildman–Crippen LogP) is 5.72. The van der Waals surface area contributed by atoms with Gasteiger partial charge in [0.25, 0.3) is 0 Å². The van der Waals surface area contributed by atoms with Crippen LogP contribution < -0.4 is 4.90 Å². The Morgan fingerprint density at radius 1 is 0.586 bits per heavy atom. The zero-order valence-electron chi connectivity index (χ0n) is 16.9. The summed E-state index contributed by atoms with van der Waals surface area (Å²) in [5.74, 6) is 2.03. The molecule has 0 N–H and O–H groups in total. The summed E-state index contributed by atoms with van der Waals surface area (Å²) in [6, 6.07) is 28.8. The molecule has 0 atom stereocenters. The second kappa shape index (κ2) is 8.23. The van der Waals surface area contributed by atoms with E-state index in [1.165, 1.54) is 0 Å². The van der Waals surface area contributed by atoms with E-state index >= 15 is 0 Å². The minimum Gasteiger partial charge on any atom is -0.372 e. The summed E-state index contributed by atoms with van der Waals surface area (Å²) in [4.78, 5) is 16.6. The number of hydrogen-bond acceptors (Lipinski definition) is 4. The van der Waals surface area contributed by atoms with Crippen molar-refractivity contribution < 1.29 is 0 Å². The summed E-state index contributed by atoms with van der Waals surface area (Å²) in [7, 11) is 2.10. The Morgan fingerprint density at radius 2 is 1.03 bits per heavy atom. The van der Waals surface area contributed by atoms with Gasteiger partial charge in [-0.3, -0.25) is 0 Å². The van der Waals surface area contributed by atoms with Gasteiger partial charge in [-0.1, -0.05) is 72.8 Å². The van der Waals surface area contributed by atoms with Gasteiger partial charge in [-0.05, 0) is 26.0 Å². The van der Waals surface area contributed by atoms with Gasteiger partial charge in [-0.15, -0.1) is 0 Å². The fourth-order valence-corrected chi connectivity index (χ4v) is 3.10. The minimum absolute atomic E-state index is 0.406. The van der Waals surface area contributed by atoms with Crippen LogP contribution in [-0.4, -0.2) is 28.0 Å². The van der Waals surface area contributed by atoms with Crippen LogP contribution in [0.5, 0.6) is 0 Å². The quantitative estimate of drug-likeness (QED) is 0.444. The first-order valence-corrected chi connectivity index (χ1v) is 9.82. The predicted molar refractivity (Wildman–Crippen MR) is 120 cm³/mol. The molecule has 0 amide bonds. The van der Waals surface area contributed by atoms with E-state index in [1.807, 2.05) is 60.7 Å². The monoisotopic (exact) mass is 380 g/mol. The van der Waals surface area contributed by atoms with Crippen LogP contribution in [0.25, 0.3) is 34.2 Å². The molecule has 0 fully saturated rings. The van der Waals surface area contributed by atoms with Gasteiger partial charge in [-0.2, -0.15) is 0 Å². The molecule has 4 rings (SSSR count). The lowest BCUT2D eigenvalue weighted by atomic mass is 10.1. The Bertz CT molecular complexity index is 1030. The standard InChI is InChI=1S/C25H24N4/c1-18(2)29(3)22-16-10-15-21(17-22)25-27-23(19-11-6-4-7-12-19)26-24(28-25)20-13-8-5-9-14-20/h4-18H,1-3H3. The molecule has 4 aromatic rings. The summed E-state index contributed by atoms with van der Waals surface area (Å²) in [5.41, 5.74) is 4.07. The van der Waals surface area contributed by atoms with Gasteiger partial charge in [0.05, 0.1) is 0 Å². The lowest BCUT2D eigenvalue weighted by Crippen LogP contribution is -2.25. The fourth-order valence-electron chi connectivity index (χ4n) is 3.10. The number of anilines is 1. The number of hydrogen-bond donors (Lipinski definition) is 0. The van der Waals surface area contributed by atoms with Gasteiger partial charge >= 0.3 is 0 Å². The molecular formula is C25H24N4. The highest BCUT2D eigenvalue weighted by Crippen LogP contribution is 2.27. The van der Waals surface area contributed by atoms with E-state index in [4.69, 9.17) is 15.0 Å². The van der Waals surface area contributed by atoms with Crippen molar-refractivity contribution in [3.8, 4) is 34.2 Å². The summed E-state index contributed by atoms with van der Waals surface area (Å²) >= 11 is 0. The summed E-state index contributed by atoms with van der Waals surface area (Å²) in [6.07, 6.45) is 0. The van der Waals surface area contributed by atoms with Crippen LogP contribution in [0.1, 0.15) is 13.8 Å². The Balaban J connectivity index is 1.86. The zero-order chi connectivity index (χ0) is 20.2. The molecule has 1 heterocycles. The van der Waals surface area contributed by atoms with Crippen LogP contribution >= 0.6 is 0 Å². The number of benzene rings is 3. The summed E-state index contributed by atoms with van der Waals surface area (Å²) in [5, 5.41) is 0. The molecule has 0 saturated heterocycles. The van der Waals surface area contributed by atoms with Crippen LogP contribution in [0.2, 0.25) is 0 Å². The molecule has 0 bridgehead atoms. The molecule has 0 radical (unpaired) electrons. The average Bonchev–Trinajstić information content (AvgIpc) is 2.79. The average molecular weight is 380 g/mol. The van der Waals surface area contributed by atoms with Gasteiger partial charge in [0.2, 0.25) is 0 Å². The van der Waals surface area contributed by atoms with Crippen molar-refractivity contribution >= 4 is 5.69 Å². The molecule has 0 aliphatic rings. The first-order chi connectivity index (χ1) is 14.1. The van der Waals surface area contributed by atoms with E-state index in [0.29, 0.717) is 23.5 Å². The highest BCUT2D eigenvalue weighted by molar-refractivity contribution is 5.68. The maximum Gasteiger partial charge on any atom is 0.164 e. The maximum absolute atomic E-state index is 4.80. The molecule has 0 spiro atoms. The second-order valence-electron chi connectivity index (χ2n) is 7.29. The first kappa shape index (κ1) is 18.8. The molecular weight excluding hydrogens is 356 g/mol. The fraction of sp³-hybridized carbons (Fsp3) is 0.160. The lowest BCUT2D eigenvalue weighted by molar-refractivity contribution is 0.755. The Kier molecular flexibility index (Phi) is 5.34. The molecule has 29 heavy (non-hydrogen) atoms. The van der Waals surface area contributed by atoms with Crippen molar-refractivity contribution in [3.63, 3.8) is 0 Å². The van der Waals surface area contributed by atoms with Gasteiger partial charge in [-0.25, -0.2) is 15.0 Å². The van der Waals surface area contributed by atoms with Crippen molar-refractivity contribution in [2.24, 2.45) is 0 Å². The van der Waals surface area contributed by atoms with Crippen molar-refractivity contribution in [3.05, 3.63) is 84.9 Å². The Labute approximate surface area is 171 Å². The van der Waals surface area contributed by atoms with Crippen molar-refractivity contribution in [2.45, 2.75) is 19.9 Å². The van der Waals surface area contributed by atoms with E-state index in [9.17, 15) is 0 Å². The lowest BCUT2D eigenvalue weighted by Gasteiger charge is -2.24. The Hall–Kier alpha value is -3.53. The minimum atomic E-state index is 0.406. The third-order valence-corrected chi connectivity index (χ3v) is 4.99. The van der Waals surface area contributed by atoms with Gasteiger partial charge in [0.15, 0.2) is 17.5 Å². The number of rotatable bonds is 5. The molecule has 4 nitrogen and oxygen atoms in total. The maximum atomic E-state index is 4.80. The Morgan fingerprint density at radius 3 is 1.52 bits per heavy atom. The van der Waals surface area contributed by atoms with Crippen molar-refractivity contribution in [1.82, 2.24) is 15.0 Å². The van der Waals surface area contributed by atoms with E-state index in [2.05, 4.69) is 50.1 Å². The highest BCUT2D eigenvalue weighted by atomic mass is 15.1. The van der Waals surface area contributed by atoms with Crippen LogP contribution in [0.4, 0.5) is 5.69 Å². The smallest absolute Gasteiger partial charge is 0.164 e. The largest absolute Gasteiger partial charge is 0.372 e. The molecule has 3 aromatic carbocycles. The third-order valence-electron chi connectivity index (χ3n) is 4.99. The number of aromatic nitrogens is 3. The van der Waals surface area contributed by atoms with E-state index in [-0.39, 0.29) is 0 Å². The molecule has 0 saturated carbocycles. The van der Waals surface area contributed by atoms with Crippen molar-refractivity contribution in [2.75, 3.05) is 11.9 Å². The van der Waals surface area contributed by atoms with Gasteiger partial charge in [0.1, 0.15) is 0 Å². The summed E-state index contributed by atoms with van der Waals surface area (Å²) < 4.78 is 0. The molecule has 1 aromatic heterocycles. The molecule has 0 aliphatic heterocycles. The van der Waals surface area contributed by atoms with Crippen molar-refractivity contribution in [1.29, 1.82) is 0 Å². The zero-order valence-corrected chi connectivity index (χ0v) is 16.9. The van der Waals surface area contributed by atoms with Gasteiger partial charge < -0.3 is 4.90 Å². The first-order valence-electron chi connectivity index (χ1n) is 9.82. The third kappa shape index (κ3) is 4.16. The van der Waals surface area contributed by atoms with Crippen LogP contribution in [0.15, 0.2) is 84.9 Å². The summed E-state index contributed by atoms with van der Waals surface area (Å²) in [6.45, 7) is 4.35. The van der Waals surface area contributed by atoms with Crippen LogP contribution in [0.3, 0.4) is 0 Å². The van der Waals surface area contributed by atoms with E-state index < -0.39 is 0 Å². The topological polar surface area (TPSA) is 41.9 Å². The normalized spacial score (nSPS) is 10.9. The number of nitrogens with zero attached hydrogens (tertiary/aromatic N) is 4. The van der Waals surface area contributed by atoms with E-state index in [0.717, 1.165) is 22.4 Å². The SMILES string of the molecule is CC(C)N(C)c1cccc(-c2nc(-c3ccccc3)nc(-c3ccccc3)n2)c1. The molecule has 4 heteroatoms. The molecule has 0 unspecified atom stereocenters. The second-order valence-corrected chi connectivity index (χ2v) is 7.29. The van der Waals surface area contributed by atoms with Crippen LogP contribution in [-0.2, 0) is 0 Å². The highest BCUT2D eigenvalue weighted by Gasteiger charge is 2.13.